The molecule has 0 radical (unpaired) electrons. The molecule has 0 saturated carbocycles. The summed E-state index contributed by atoms with van der Waals surface area (Å²) in [5, 5.41) is 2.91. The Balaban J connectivity index is 2.18. The lowest BCUT2D eigenvalue weighted by Gasteiger charge is -2.30. The van der Waals surface area contributed by atoms with Gasteiger partial charge in [0.15, 0.2) is 6.61 Å². The van der Waals surface area contributed by atoms with E-state index in [4.69, 9.17) is 9.47 Å². The van der Waals surface area contributed by atoms with Gasteiger partial charge in [0.2, 0.25) is 5.91 Å². The molecule has 6 heteroatoms. The minimum absolute atomic E-state index is 0.128. The second kappa shape index (κ2) is 11.9. The highest BCUT2D eigenvalue weighted by Crippen LogP contribution is 2.17. The van der Waals surface area contributed by atoms with Gasteiger partial charge in [0.25, 0.3) is 5.91 Å². The average molecular weight is 413 g/mol. The van der Waals surface area contributed by atoms with E-state index in [2.05, 4.69) is 5.32 Å². The Bertz CT molecular complexity index is 820. The van der Waals surface area contributed by atoms with E-state index in [-0.39, 0.29) is 18.4 Å². The largest absolute Gasteiger partial charge is 0.497 e. The SMILES string of the molecule is CCCNC(=O)[C@H](CC)N(Cc1ccc(OC)cc1)C(=O)COc1cccc(C)c1. The summed E-state index contributed by atoms with van der Waals surface area (Å²) in [7, 11) is 1.61. The molecule has 0 saturated heterocycles. The highest BCUT2D eigenvalue weighted by molar-refractivity contribution is 5.88. The molecule has 0 aliphatic rings. The predicted octanol–water partition coefficient (Wildman–Crippen LogP) is 3.72. The van der Waals surface area contributed by atoms with Crippen LogP contribution in [0.15, 0.2) is 48.5 Å². The summed E-state index contributed by atoms with van der Waals surface area (Å²) in [6.45, 7) is 6.65. The third-order valence-electron chi connectivity index (χ3n) is 4.80. The van der Waals surface area contributed by atoms with Crippen molar-refractivity contribution in [2.45, 2.75) is 46.2 Å². The van der Waals surface area contributed by atoms with Gasteiger partial charge >= 0.3 is 0 Å². The Hall–Kier alpha value is -3.02. The van der Waals surface area contributed by atoms with Crippen LogP contribution in [-0.4, -0.2) is 43.0 Å². The molecule has 0 spiro atoms. The number of hydrogen-bond acceptors (Lipinski definition) is 4. The van der Waals surface area contributed by atoms with Crippen molar-refractivity contribution in [2.24, 2.45) is 0 Å². The molecule has 2 aromatic carbocycles. The summed E-state index contributed by atoms with van der Waals surface area (Å²) in [5.74, 6) is 1.01. The first-order chi connectivity index (χ1) is 14.5. The first-order valence-electron chi connectivity index (χ1n) is 10.4. The van der Waals surface area contributed by atoms with Gasteiger partial charge in [-0.25, -0.2) is 0 Å². The topological polar surface area (TPSA) is 67.9 Å². The van der Waals surface area contributed by atoms with Gasteiger partial charge in [0.1, 0.15) is 17.5 Å². The first-order valence-corrected chi connectivity index (χ1v) is 10.4. The normalized spacial score (nSPS) is 11.5. The second-order valence-corrected chi connectivity index (χ2v) is 7.19. The molecule has 1 N–H and O–H groups in total. The molecule has 0 unspecified atom stereocenters. The molecule has 0 fully saturated rings. The summed E-state index contributed by atoms with van der Waals surface area (Å²) in [6.07, 6.45) is 1.35. The van der Waals surface area contributed by atoms with E-state index in [9.17, 15) is 9.59 Å². The molecule has 30 heavy (non-hydrogen) atoms. The van der Waals surface area contributed by atoms with Crippen molar-refractivity contribution >= 4 is 11.8 Å². The summed E-state index contributed by atoms with van der Waals surface area (Å²) in [6, 6.07) is 14.5. The Labute approximate surface area is 179 Å². The zero-order chi connectivity index (χ0) is 21.9. The van der Waals surface area contributed by atoms with Gasteiger partial charge in [-0.05, 0) is 55.2 Å². The fourth-order valence-corrected chi connectivity index (χ4v) is 3.15. The van der Waals surface area contributed by atoms with Crippen molar-refractivity contribution in [2.75, 3.05) is 20.3 Å². The summed E-state index contributed by atoms with van der Waals surface area (Å²) < 4.78 is 10.9. The number of ether oxygens (including phenoxy) is 2. The number of nitrogens with zero attached hydrogens (tertiary/aromatic N) is 1. The Morgan fingerprint density at radius 1 is 1.07 bits per heavy atom. The molecular formula is C24H32N2O4. The number of carbonyl (C=O) groups excluding carboxylic acids is 2. The number of hydrogen-bond donors (Lipinski definition) is 1. The van der Waals surface area contributed by atoms with Crippen LogP contribution in [0.25, 0.3) is 0 Å². The van der Waals surface area contributed by atoms with E-state index in [0.717, 1.165) is 23.3 Å². The molecule has 2 rings (SSSR count). The highest BCUT2D eigenvalue weighted by Gasteiger charge is 2.28. The van der Waals surface area contributed by atoms with E-state index < -0.39 is 6.04 Å². The molecule has 0 aliphatic heterocycles. The van der Waals surface area contributed by atoms with Crippen molar-refractivity contribution < 1.29 is 19.1 Å². The van der Waals surface area contributed by atoms with Gasteiger partial charge in [-0.3, -0.25) is 9.59 Å². The number of carbonyl (C=O) groups is 2. The quantitative estimate of drug-likeness (QED) is 0.611. The number of nitrogens with one attached hydrogen (secondary N) is 1. The van der Waals surface area contributed by atoms with E-state index >= 15 is 0 Å². The fraction of sp³-hybridized carbons (Fsp3) is 0.417. The van der Waals surface area contributed by atoms with E-state index in [1.165, 1.54) is 0 Å². The van der Waals surface area contributed by atoms with Crippen LogP contribution in [0.3, 0.4) is 0 Å². The summed E-state index contributed by atoms with van der Waals surface area (Å²) in [5.41, 5.74) is 1.97. The zero-order valence-electron chi connectivity index (χ0n) is 18.3. The van der Waals surface area contributed by atoms with Crippen LogP contribution >= 0.6 is 0 Å². The van der Waals surface area contributed by atoms with Crippen molar-refractivity contribution in [3.63, 3.8) is 0 Å². The van der Waals surface area contributed by atoms with Crippen molar-refractivity contribution in [3.8, 4) is 11.5 Å². The predicted molar refractivity (Wildman–Crippen MR) is 118 cm³/mol. The maximum Gasteiger partial charge on any atom is 0.261 e. The molecular weight excluding hydrogens is 380 g/mol. The number of amides is 2. The van der Waals surface area contributed by atoms with Crippen LogP contribution in [0.4, 0.5) is 0 Å². The molecule has 6 nitrogen and oxygen atoms in total. The third-order valence-corrected chi connectivity index (χ3v) is 4.80. The van der Waals surface area contributed by atoms with Crippen LogP contribution in [0.2, 0.25) is 0 Å². The fourth-order valence-electron chi connectivity index (χ4n) is 3.15. The molecule has 162 valence electrons. The van der Waals surface area contributed by atoms with Gasteiger partial charge in [-0.1, -0.05) is 38.1 Å². The lowest BCUT2D eigenvalue weighted by Crippen LogP contribution is -2.50. The average Bonchev–Trinajstić information content (AvgIpc) is 2.76. The zero-order valence-corrected chi connectivity index (χ0v) is 18.3. The molecule has 0 aromatic heterocycles. The Morgan fingerprint density at radius 3 is 2.40 bits per heavy atom. The van der Waals surface area contributed by atoms with Crippen molar-refractivity contribution in [1.29, 1.82) is 0 Å². The monoisotopic (exact) mass is 412 g/mol. The smallest absolute Gasteiger partial charge is 0.261 e. The lowest BCUT2D eigenvalue weighted by molar-refractivity contribution is -0.143. The van der Waals surface area contributed by atoms with Gasteiger partial charge in [-0.15, -0.1) is 0 Å². The molecule has 1 atom stereocenters. The minimum atomic E-state index is -0.563. The second-order valence-electron chi connectivity index (χ2n) is 7.19. The van der Waals surface area contributed by atoms with Crippen LogP contribution in [-0.2, 0) is 16.1 Å². The minimum Gasteiger partial charge on any atom is -0.497 e. The standard InChI is InChI=1S/C24H32N2O4/c1-5-14-25-24(28)22(6-2)26(16-19-10-12-20(29-4)13-11-19)23(27)17-30-21-9-7-8-18(3)15-21/h7-13,15,22H,5-6,14,16-17H2,1-4H3,(H,25,28)/t22-/m0/s1. The summed E-state index contributed by atoms with van der Waals surface area (Å²) >= 11 is 0. The van der Waals surface area contributed by atoms with Gasteiger partial charge in [0, 0.05) is 13.1 Å². The lowest BCUT2D eigenvalue weighted by atomic mass is 10.1. The van der Waals surface area contributed by atoms with Gasteiger partial charge < -0.3 is 19.7 Å². The molecule has 0 bridgehead atoms. The van der Waals surface area contributed by atoms with E-state index in [1.54, 1.807) is 12.0 Å². The third kappa shape index (κ3) is 6.79. The molecule has 0 aliphatic carbocycles. The van der Waals surface area contributed by atoms with E-state index in [1.807, 2.05) is 69.3 Å². The van der Waals surface area contributed by atoms with Crippen molar-refractivity contribution in [3.05, 3.63) is 59.7 Å². The highest BCUT2D eigenvalue weighted by atomic mass is 16.5. The number of benzene rings is 2. The van der Waals surface area contributed by atoms with Gasteiger partial charge in [0.05, 0.1) is 7.11 Å². The van der Waals surface area contributed by atoms with Crippen molar-refractivity contribution in [1.82, 2.24) is 10.2 Å². The Kier molecular flexibility index (Phi) is 9.19. The van der Waals surface area contributed by atoms with Crippen LogP contribution in [0.1, 0.15) is 37.8 Å². The maximum absolute atomic E-state index is 13.1. The van der Waals surface area contributed by atoms with Gasteiger partial charge in [-0.2, -0.15) is 0 Å². The van der Waals surface area contributed by atoms with Crippen LogP contribution in [0.5, 0.6) is 11.5 Å². The number of rotatable bonds is 11. The molecule has 0 heterocycles. The number of aryl methyl sites for hydroxylation is 1. The maximum atomic E-state index is 13.1. The number of methoxy groups -OCH3 is 1. The molecule has 2 amide bonds. The van der Waals surface area contributed by atoms with Crippen LogP contribution in [0, 0.1) is 6.92 Å². The molecule has 2 aromatic rings. The summed E-state index contributed by atoms with van der Waals surface area (Å²) in [4.78, 5) is 27.4. The first kappa shape index (κ1) is 23.3. The van der Waals surface area contributed by atoms with E-state index in [0.29, 0.717) is 25.3 Å². The Morgan fingerprint density at radius 2 is 1.80 bits per heavy atom. The van der Waals surface area contributed by atoms with Crippen LogP contribution < -0.4 is 14.8 Å².